The number of rotatable bonds is 4. The lowest BCUT2D eigenvalue weighted by molar-refractivity contribution is -0.600. The summed E-state index contributed by atoms with van der Waals surface area (Å²) in [5, 5.41) is 12.5. The van der Waals surface area contributed by atoms with Crippen molar-refractivity contribution < 1.29 is 18.6 Å². The summed E-state index contributed by atoms with van der Waals surface area (Å²) in [7, 11) is 0. The van der Waals surface area contributed by atoms with Crippen LogP contribution in [0.1, 0.15) is 29.0 Å². The Labute approximate surface area is 291 Å². The average Bonchev–Trinajstić information content (AvgIpc) is 3.89. The van der Waals surface area contributed by atoms with Crippen LogP contribution in [0.15, 0.2) is 170 Å². The van der Waals surface area contributed by atoms with E-state index in [1.165, 1.54) is 0 Å². The highest BCUT2D eigenvalue weighted by Crippen LogP contribution is 2.42. The Morgan fingerprint density at radius 1 is 0.451 bits per heavy atom. The highest BCUT2D eigenvalue weighted by Gasteiger charge is 2.32. The van der Waals surface area contributed by atoms with Crippen LogP contribution in [-0.4, -0.2) is 5.84 Å². The molecule has 0 radical (unpaired) electrons. The molecule has 2 unspecified atom stereocenters. The quantitative estimate of drug-likeness (QED) is 0.197. The number of fused-ring (bicyclic) bond motifs is 9. The number of amidine groups is 1. The number of aliphatic imine (C=N–C) groups is 1. The molecule has 11 rings (SSSR count). The normalized spacial score (nSPS) is 16.6. The van der Waals surface area contributed by atoms with Gasteiger partial charge < -0.3 is 13.3 Å². The third-order valence-electron chi connectivity index (χ3n) is 10.3. The Morgan fingerprint density at radius 2 is 1.00 bits per heavy atom. The largest absolute Gasteiger partial charge is 0.456 e. The van der Waals surface area contributed by atoms with E-state index in [1.807, 2.05) is 30.3 Å². The van der Waals surface area contributed by atoms with Crippen molar-refractivity contribution in [2.45, 2.75) is 12.3 Å². The number of quaternary nitrogens is 1. The predicted molar refractivity (Wildman–Crippen MR) is 204 cm³/mol. The lowest BCUT2D eigenvalue weighted by Gasteiger charge is -2.28. The van der Waals surface area contributed by atoms with Gasteiger partial charge in [-0.15, -0.1) is 0 Å². The van der Waals surface area contributed by atoms with Crippen molar-refractivity contribution in [2.24, 2.45) is 4.99 Å². The molecule has 0 aliphatic carbocycles. The van der Waals surface area contributed by atoms with Crippen molar-refractivity contribution in [3.8, 4) is 11.1 Å². The van der Waals surface area contributed by atoms with Gasteiger partial charge in [-0.25, -0.2) is 10.3 Å². The summed E-state index contributed by atoms with van der Waals surface area (Å²) in [4.78, 5) is 5.43. The van der Waals surface area contributed by atoms with Crippen molar-refractivity contribution >= 4 is 71.7 Å². The third kappa shape index (κ3) is 4.34. The maximum Gasteiger partial charge on any atom is 0.234 e. The fourth-order valence-electron chi connectivity index (χ4n) is 7.99. The summed E-state index contributed by atoms with van der Waals surface area (Å²) in [5.74, 6) is 0.878. The van der Waals surface area contributed by atoms with Gasteiger partial charge >= 0.3 is 0 Å². The molecule has 4 heterocycles. The van der Waals surface area contributed by atoms with Crippen LogP contribution in [0.2, 0.25) is 0 Å². The lowest BCUT2D eigenvalue weighted by atomic mass is 9.99. The summed E-state index contributed by atoms with van der Waals surface area (Å²) in [6, 6.07) is 52.3. The van der Waals surface area contributed by atoms with Crippen LogP contribution >= 0.6 is 0 Å². The predicted octanol–water partition coefficient (Wildman–Crippen LogP) is 10.4. The number of nitrogens with two attached hydrogens (primary N) is 1. The van der Waals surface area contributed by atoms with E-state index < -0.39 is 0 Å². The average molecular weight is 661 g/mol. The van der Waals surface area contributed by atoms with Crippen molar-refractivity contribution in [3.05, 3.63) is 168 Å². The van der Waals surface area contributed by atoms with E-state index in [2.05, 4.69) is 132 Å². The molecule has 3 N–H and O–H groups in total. The van der Waals surface area contributed by atoms with Crippen LogP contribution in [0.4, 0.5) is 0 Å². The fourth-order valence-corrected chi connectivity index (χ4v) is 7.99. The molecule has 0 saturated heterocycles. The standard InChI is InChI=1S/C45H29N3O3/c1-2-12-26(13-3-1)43-46-44(34-21-11-25-38-39(34)33-15-5-7-24-37(33)49-38)48-45(47-43)35-22-10-20-32-31-19-9-18-30(41(31)51-42(32)35)29-17-8-16-28-27-14-4-6-23-36(27)50-40(28)29/h1-25,43-44,46H,(H,47,48)/p+1. The minimum atomic E-state index is -0.333. The van der Waals surface area contributed by atoms with Crippen molar-refractivity contribution in [1.29, 1.82) is 0 Å². The number of hydrogen-bond acceptors (Lipinski definition) is 5. The number of nitrogens with one attached hydrogen (secondary N) is 1. The Morgan fingerprint density at radius 3 is 1.76 bits per heavy atom. The van der Waals surface area contributed by atoms with E-state index in [0.29, 0.717) is 0 Å². The third-order valence-corrected chi connectivity index (χ3v) is 10.3. The van der Waals surface area contributed by atoms with Gasteiger partial charge in [0, 0.05) is 54.6 Å². The number of hydrogen-bond donors (Lipinski definition) is 2. The molecule has 51 heavy (non-hydrogen) atoms. The first-order valence-electron chi connectivity index (χ1n) is 17.3. The first-order valence-corrected chi connectivity index (χ1v) is 17.3. The van der Waals surface area contributed by atoms with E-state index >= 15 is 0 Å². The second kappa shape index (κ2) is 11.0. The van der Waals surface area contributed by atoms with Crippen LogP contribution in [-0.2, 0) is 0 Å². The monoisotopic (exact) mass is 660 g/mol. The van der Waals surface area contributed by atoms with Gasteiger partial charge in [-0.1, -0.05) is 127 Å². The summed E-state index contributed by atoms with van der Waals surface area (Å²) < 4.78 is 19.7. The van der Waals surface area contributed by atoms with Gasteiger partial charge in [-0.2, -0.15) is 0 Å². The summed E-state index contributed by atoms with van der Waals surface area (Å²) in [6.07, 6.45) is -0.418. The van der Waals surface area contributed by atoms with Crippen molar-refractivity contribution in [3.63, 3.8) is 0 Å². The molecule has 6 nitrogen and oxygen atoms in total. The van der Waals surface area contributed by atoms with Gasteiger partial charge in [0.15, 0.2) is 6.17 Å². The zero-order valence-corrected chi connectivity index (χ0v) is 27.3. The second-order valence-electron chi connectivity index (χ2n) is 13.2. The van der Waals surface area contributed by atoms with Crippen LogP contribution in [0.5, 0.6) is 0 Å². The van der Waals surface area contributed by atoms with Gasteiger partial charge in [0.2, 0.25) is 5.84 Å². The zero-order valence-electron chi connectivity index (χ0n) is 27.3. The molecular weight excluding hydrogens is 631 g/mol. The maximum atomic E-state index is 6.96. The van der Waals surface area contributed by atoms with Crippen LogP contribution in [0.25, 0.3) is 76.9 Å². The van der Waals surface area contributed by atoms with E-state index in [0.717, 1.165) is 99.5 Å². The molecule has 0 spiro atoms. The van der Waals surface area contributed by atoms with E-state index in [-0.39, 0.29) is 12.3 Å². The molecule has 0 amide bonds. The molecule has 242 valence electrons. The summed E-state index contributed by atoms with van der Waals surface area (Å²) in [6.45, 7) is 0. The molecule has 6 heteroatoms. The zero-order chi connectivity index (χ0) is 33.5. The highest BCUT2D eigenvalue weighted by molar-refractivity contribution is 6.17. The van der Waals surface area contributed by atoms with E-state index in [1.54, 1.807) is 0 Å². The minimum absolute atomic E-state index is 0.0852. The molecule has 0 bridgehead atoms. The lowest BCUT2D eigenvalue weighted by Crippen LogP contribution is -2.93. The molecule has 2 atom stereocenters. The molecule has 10 aromatic rings. The molecule has 3 aromatic heterocycles. The van der Waals surface area contributed by atoms with Crippen LogP contribution in [0.3, 0.4) is 0 Å². The summed E-state index contributed by atoms with van der Waals surface area (Å²) >= 11 is 0. The van der Waals surface area contributed by atoms with Gasteiger partial charge in [0.25, 0.3) is 0 Å². The van der Waals surface area contributed by atoms with Crippen molar-refractivity contribution in [1.82, 2.24) is 5.32 Å². The summed E-state index contributed by atoms with van der Waals surface area (Å²) in [5.41, 5.74) is 10.3. The van der Waals surface area contributed by atoms with Gasteiger partial charge in [-0.3, -0.25) is 5.32 Å². The van der Waals surface area contributed by atoms with E-state index in [9.17, 15) is 0 Å². The Bertz CT molecular complexity index is 3000. The molecule has 0 saturated carbocycles. The Kier molecular flexibility index (Phi) is 6.13. The van der Waals surface area contributed by atoms with E-state index in [4.69, 9.17) is 18.2 Å². The van der Waals surface area contributed by atoms with Gasteiger partial charge in [0.1, 0.15) is 39.7 Å². The SMILES string of the molecule is c1ccc(C2NC(c3cccc4oc5ccccc5c34)N=C(c3cccc4c3oc3c(-c5cccc6c5oc5ccccc56)cccc34)[NH2+]2)cc1. The molecule has 0 fully saturated rings. The topological polar surface area (TPSA) is 80.4 Å². The fraction of sp³-hybridized carbons (Fsp3) is 0.0444. The number of benzene rings is 7. The molecule has 7 aromatic carbocycles. The van der Waals surface area contributed by atoms with Gasteiger partial charge in [-0.05, 0) is 24.3 Å². The molecule has 1 aliphatic rings. The van der Waals surface area contributed by atoms with Gasteiger partial charge in [0.05, 0.1) is 5.56 Å². The highest BCUT2D eigenvalue weighted by atomic mass is 16.3. The molecule has 1 aliphatic heterocycles. The Hall–Kier alpha value is -6.47. The van der Waals surface area contributed by atoms with Crippen LogP contribution < -0.4 is 10.6 Å². The second-order valence-corrected chi connectivity index (χ2v) is 13.2. The minimum Gasteiger partial charge on any atom is -0.456 e. The smallest absolute Gasteiger partial charge is 0.234 e. The van der Waals surface area contributed by atoms with Crippen LogP contribution in [0, 0.1) is 0 Å². The first kappa shape index (κ1) is 28.4. The first-order chi connectivity index (χ1) is 25.3. The number of furan rings is 3. The van der Waals surface area contributed by atoms with Crippen molar-refractivity contribution in [2.75, 3.05) is 0 Å². The maximum absolute atomic E-state index is 6.96. The Balaban J connectivity index is 1.11. The molecular formula is C45H30N3O3+. The number of nitrogens with zero attached hydrogens (tertiary/aromatic N) is 1. The number of para-hydroxylation sites is 5.